The summed E-state index contributed by atoms with van der Waals surface area (Å²) in [6.45, 7) is 4.25. The van der Waals surface area contributed by atoms with E-state index in [9.17, 15) is 4.79 Å². The van der Waals surface area contributed by atoms with Crippen LogP contribution in [0.3, 0.4) is 0 Å². The Morgan fingerprint density at radius 1 is 1.12 bits per heavy atom. The van der Waals surface area contributed by atoms with Crippen LogP contribution in [0, 0.1) is 17.3 Å². The molecule has 2 aromatic carbocycles. The van der Waals surface area contributed by atoms with E-state index >= 15 is 0 Å². The second-order valence-electron chi connectivity index (χ2n) is 7.10. The van der Waals surface area contributed by atoms with Gasteiger partial charge in [0.1, 0.15) is 11.1 Å². The van der Waals surface area contributed by atoms with Gasteiger partial charge >= 0.3 is 5.97 Å². The van der Waals surface area contributed by atoms with Gasteiger partial charge in [0.2, 0.25) is 0 Å². The zero-order chi connectivity index (χ0) is 18.9. The maximum absolute atomic E-state index is 12.4. The lowest BCUT2D eigenvalue weighted by molar-refractivity contribution is -0.147. The molecule has 0 spiro atoms. The van der Waals surface area contributed by atoms with E-state index in [4.69, 9.17) is 39.5 Å². The Labute approximate surface area is 168 Å². The van der Waals surface area contributed by atoms with Gasteiger partial charge in [0, 0.05) is 5.02 Å². The van der Waals surface area contributed by atoms with Crippen LogP contribution < -0.4 is 0 Å². The molecule has 5 heteroatoms. The van der Waals surface area contributed by atoms with Gasteiger partial charge in [-0.05, 0) is 52.3 Å². The van der Waals surface area contributed by atoms with Crippen LogP contribution in [0.25, 0.3) is 11.1 Å². The van der Waals surface area contributed by atoms with Crippen LogP contribution >= 0.6 is 34.8 Å². The fourth-order valence-corrected chi connectivity index (χ4v) is 3.79. The van der Waals surface area contributed by atoms with Crippen LogP contribution in [0.1, 0.15) is 19.4 Å². The first-order valence-corrected chi connectivity index (χ1v) is 9.47. The summed E-state index contributed by atoms with van der Waals surface area (Å²) in [7, 11) is 0. The van der Waals surface area contributed by atoms with Gasteiger partial charge in [-0.2, -0.15) is 0 Å². The van der Waals surface area contributed by atoms with Crippen molar-refractivity contribution in [2.75, 3.05) is 0 Å². The zero-order valence-electron chi connectivity index (χ0n) is 14.5. The van der Waals surface area contributed by atoms with Crippen LogP contribution in [0.2, 0.25) is 5.02 Å². The van der Waals surface area contributed by atoms with Crippen LogP contribution in [-0.4, -0.2) is 5.97 Å². The number of rotatable bonds is 5. The summed E-state index contributed by atoms with van der Waals surface area (Å²) in [4.78, 5) is 12.4. The largest absolute Gasteiger partial charge is 0.461 e. The van der Waals surface area contributed by atoms with Crippen molar-refractivity contribution in [3.63, 3.8) is 0 Å². The molecule has 0 N–H and O–H groups in total. The molecule has 1 aliphatic carbocycles. The Kier molecular flexibility index (Phi) is 5.67. The summed E-state index contributed by atoms with van der Waals surface area (Å²) in [5.41, 5.74) is 2.80. The molecular weight excluding hydrogens is 391 g/mol. The van der Waals surface area contributed by atoms with Gasteiger partial charge in [0.05, 0.1) is 5.92 Å². The molecule has 0 amide bonds. The number of esters is 1. The molecule has 0 aliphatic heterocycles. The molecule has 0 aromatic heterocycles. The Morgan fingerprint density at radius 2 is 1.77 bits per heavy atom. The lowest BCUT2D eigenvalue weighted by atomic mass is 10.0. The minimum absolute atomic E-state index is 0.0118. The topological polar surface area (TPSA) is 26.3 Å². The van der Waals surface area contributed by atoms with Crippen molar-refractivity contribution < 1.29 is 9.53 Å². The SMILES string of the molecule is CC1(C)[C@H](C(=O)OCc2cccc(-c3cccc(Cl)c3)c2)[C@@H]1C=C(Cl)Cl. The fraction of sp³-hybridized carbons (Fsp3) is 0.286. The van der Waals surface area contributed by atoms with Gasteiger partial charge in [-0.25, -0.2) is 0 Å². The summed E-state index contributed by atoms with van der Waals surface area (Å²) in [5, 5.41) is 0.687. The van der Waals surface area contributed by atoms with Crippen LogP contribution in [0.5, 0.6) is 0 Å². The minimum atomic E-state index is -0.223. The third-order valence-corrected chi connectivity index (χ3v) is 5.42. The average Bonchev–Trinajstić information content (AvgIpc) is 3.12. The smallest absolute Gasteiger partial charge is 0.310 e. The molecule has 0 saturated heterocycles. The second-order valence-corrected chi connectivity index (χ2v) is 8.54. The molecule has 0 heterocycles. The van der Waals surface area contributed by atoms with E-state index in [2.05, 4.69) is 0 Å². The maximum Gasteiger partial charge on any atom is 0.310 e. The number of benzene rings is 2. The number of hydrogen-bond acceptors (Lipinski definition) is 2. The van der Waals surface area contributed by atoms with Crippen molar-refractivity contribution in [3.05, 3.63) is 69.7 Å². The standard InChI is InChI=1S/C21H19Cl3O2/c1-21(2)17(11-18(23)24)19(21)20(25)26-12-13-5-3-6-14(9-13)15-7-4-8-16(22)10-15/h3-11,17,19H,12H2,1-2H3/t17-,19-/m0/s1. The zero-order valence-corrected chi connectivity index (χ0v) is 16.8. The van der Waals surface area contributed by atoms with Gasteiger partial charge in [0.25, 0.3) is 0 Å². The first-order chi connectivity index (χ1) is 12.3. The molecule has 26 heavy (non-hydrogen) atoms. The summed E-state index contributed by atoms with van der Waals surface area (Å²) < 4.78 is 5.72. The van der Waals surface area contributed by atoms with E-state index < -0.39 is 0 Å². The van der Waals surface area contributed by atoms with Gasteiger partial charge in [-0.3, -0.25) is 4.79 Å². The van der Waals surface area contributed by atoms with Crippen molar-refractivity contribution >= 4 is 40.8 Å². The van der Waals surface area contributed by atoms with Gasteiger partial charge in [0.15, 0.2) is 0 Å². The molecule has 1 saturated carbocycles. The number of ether oxygens (including phenoxy) is 1. The van der Waals surface area contributed by atoms with E-state index in [0.29, 0.717) is 5.02 Å². The van der Waals surface area contributed by atoms with E-state index in [-0.39, 0.29) is 34.3 Å². The third kappa shape index (κ3) is 4.25. The number of hydrogen-bond donors (Lipinski definition) is 0. The molecule has 0 unspecified atom stereocenters. The molecule has 0 bridgehead atoms. The molecule has 2 aromatic rings. The van der Waals surface area contributed by atoms with E-state index in [1.165, 1.54) is 0 Å². The Bertz CT molecular complexity index is 854. The highest BCUT2D eigenvalue weighted by Crippen LogP contribution is 2.60. The lowest BCUT2D eigenvalue weighted by Gasteiger charge is -2.08. The summed E-state index contributed by atoms with van der Waals surface area (Å²) >= 11 is 17.5. The van der Waals surface area contributed by atoms with Crippen molar-refractivity contribution in [3.8, 4) is 11.1 Å². The van der Waals surface area contributed by atoms with Crippen LogP contribution in [0.15, 0.2) is 59.1 Å². The van der Waals surface area contributed by atoms with Crippen molar-refractivity contribution in [1.82, 2.24) is 0 Å². The van der Waals surface area contributed by atoms with Gasteiger partial charge < -0.3 is 4.74 Å². The van der Waals surface area contributed by atoms with E-state index in [1.54, 1.807) is 6.08 Å². The molecule has 2 nitrogen and oxygen atoms in total. The number of carbonyl (C=O) groups is 1. The van der Waals surface area contributed by atoms with Gasteiger partial charge in [-0.1, -0.05) is 79.0 Å². The van der Waals surface area contributed by atoms with E-state index in [0.717, 1.165) is 16.7 Å². The summed E-state index contributed by atoms with van der Waals surface area (Å²) in [5.74, 6) is -0.428. The highest BCUT2D eigenvalue weighted by Gasteiger charge is 2.61. The molecule has 1 fully saturated rings. The number of carbonyl (C=O) groups excluding carboxylic acids is 1. The third-order valence-electron chi connectivity index (χ3n) is 4.94. The van der Waals surface area contributed by atoms with Crippen LogP contribution in [-0.2, 0) is 16.1 Å². The molecule has 3 rings (SSSR count). The first-order valence-electron chi connectivity index (χ1n) is 8.33. The quantitative estimate of drug-likeness (QED) is 0.517. The molecule has 1 aliphatic rings. The first kappa shape index (κ1) is 19.3. The highest BCUT2D eigenvalue weighted by molar-refractivity contribution is 6.55. The van der Waals surface area contributed by atoms with Crippen molar-refractivity contribution in [1.29, 1.82) is 0 Å². The van der Waals surface area contributed by atoms with Crippen molar-refractivity contribution in [2.24, 2.45) is 17.3 Å². The predicted molar refractivity (Wildman–Crippen MR) is 107 cm³/mol. The highest BCUT2D eigenvalue weighted by atomic mass is 35.5. The van der Waals surface area contributed by atoms with Crippen molar-refractivity contribution in [2.45, 2.75) is 20.5 Å². The minimum Gasteiger partial charge on any atom is -0.461 e. The monoisotopic (exact) mass is 408 g/mol. The Morgan fingerprint density at radius 3 is 2.42 bits per heavy atom. The normalized spacial score (nSPS) is 20.3. The Hall–Kier alpha value is -1.48. The fourth-order valence-electron chi connectivity index (χ4n) is 3.33. The van der Waals surface area contributed by atoms with E-state index in [1.807, 2.05) is 62.4 Å². The Balaban J connectivity index is 1.66. The molecule has 0 radical (unpaired) electrons. The van der Waals surface area contributed by atoms with Crippen LogP contribution in [0.4, 0.5) is 0 Å². The molecule has 136 valence electrons. The summed E-state index contributed by atoms with van der Waals surface area (Å²) in [6.07, 6.45) is 1.72. The number of halogens is 3. The molecule has 2 atom stereocenters. The average molecular weight is 410 g/mol. The second kappa shape index (κ2) is 7.64. The predicted octanol–water partition coefficient (Wildman–Crippen LogP) is 6.64. The number of allylic oxidation sites excluding steroid dienone is 1. The lowest BCUT2D eigenvalue weighted by Crippen LogP contribution is -2.10. The summed E-state index contributed by atoms with van der Waals surface area (Å²) in [6, 6.07) is 15.5. The maximum atomic E-state index is 12.4. The van der Waals surface area contributed by atoms with Gasteiger partial charge in [-0.15, -0.1) is 0 Å². The molecular formula is C21H19Cl3O2.